The number of carbonyl (C=O) groups excluding carboxylic acids is 1. The lowest BCUT2D eigenvalue weighted by Gasteiger charge is -2.10. The molecule has 1 aliphatic heterocycles. The Balaban J connectivity index is 1.87. The topological polar surface area (TPSA) is 50.4 Å². The fourth-order valence-corrected chi connectivity index (χ4v) is 2.19. The first-order valence-corrected chi connectivity index (χ1v) is 6.51. The van der Waals surface area contributed by atoms with Gasteiger partial charge in [-0.25, -0.2) is 0 Å². The second-order valence-electron chi connectivity index (χ2n) is 4.57. The molecule has 2 N–H and O–H groups in total. The second-order valence-corrected chi connectivity index (χ2v) is 4.57. The highest BCUT2D eigenvalue weighted by Crippen LogP contribution is 2.19. The van der Waals surface area contributed by atoms with E-state index in [1.54, 1.807) is 0 Å². The molecular weight excluding hydrogens is 228 g/mol. The van der Waals surface area contributed by atoms with Gasteiger partial charge in [0.15, 0.2) is 0 Å². The number of carbonyl (C=O) groups is 1. The van der Waals surface area contributed by atoms with E-state index in [1.165, 1.54) is 0 Å². The Morgan fingerprint density at radius 2 is 2.44 bits per heavy atom. The quantitative estimate of drug-likeness (QED) is 0.838. The first-order valence-electron chi connectivity index (χ1n) is 6.51. The van der Waals surface area contributed by atoms with E-state index in [0.717, 1.165) is 30.9 Å². The summed E-state index contributed by atoms with van der Waals surface area (Å²) in [6, 6.07) is 7.51. The summed E-state index contributed by atoms with van der Waals surface area (Å²) in [5.74, 6) is 1.34. The van der Waals surface area contributed by atoms with Crippen LogP contribution in [0.4, 0.5) is 5.69 Å². The van der Waals surface area contributed by atoms with Crippen molar-refractivity contribution in [3.05, 3.63) is 24.3 Å². The Morgan fingerprint density at radius 1 is 1.56 bits per heavy atom. The second kappa shape index (κ2) is 6.40. The molecule has 1 saturated heterocycles. The molecule has 1 aromatic rings. The Hall–Kier alpha value is -1.55. The third-order valence-electron chi connectivity index (χ3n) is 3.07. The molecule has 1 aromatic carbocycles. The van der Waals surface area contributed by atoms with Crippen LogP contribution in [0.5, 0.6) is 5.75 Å². The van der Waals surface area contributed by atoms with Gasteiger partial charge < -0.3 is 15.4 Å². The molecule has 4 nitrogen and oxygen atoms in total. The molecule has 0 spiro atoms. The van der Waals surface area contributed by atoms with Crippen LogP contribution >= 0.6 is 0 Å². The average Bonchev–Trinajstić information content (AvgIpc) is 2.82. The molecular formula is C14H20N2O2. The molecule has 0 aliphatic carbocycles. The number of nitrogens with one attached hydrogen (secondary N) is 2. The van der Waals surface area contributed by atoms with Gasteiger partial charge in [0.25, 0.3) is 0 Å². The van der Waals surface area contributed by atoms with Crippen molar-refractivity contribution in [3.8, 4) is 5.75 Å². The van der Waals surface area contributed by atoms with E-state index in [2.05, 4.69) is 10.6 Å². The molecule has 0 aromatic heterocycles. The number of hydrogen-bond acceptors (Lipinski definition) is 3. The third kappa shape index (κ3) is 3.74. The van der Waals surface area contributed by atoms with Crippen molar-refractivity contribution in [1.29, 1.82) is 0 Å². The molecule has 0 radical (unpaired) electrons. The van der Waals surface area contributed by atoms with E-state index in [4.69, 9.17) is 4.74 Å². The zero-order valence-corrected chi connectivity index (χ0v) is 10.7. The molecule has 0 saturated carbocycles. The van der Waals surface area contributed by atoms with Crippen LogP contribution in [0, 0.1) is 5.92 Å². The van der Waals surface area contributed by atoms with E-state index in [1.807, 2.05) is 31.2 Å². The van der Waals surface area contributed by atoms with Gasteiger partial charge in [-0.2, -0.15) is 0 Å². The highest BCUT2D eigenvalue weighted by atomic mass is 16.5. The van der Waals surface area contributed by atoms with Crippen molar-refractivity contribution in [2.75, 3.05) is 25.0 Å². The summed E-state index contributed by atoms with van der Waals surface area (Å²) in [7, 11) is 0. The molecule has 4 heteroatoms. The predicted molar refractivity (Wildman–Crippen MR) is 71.8 cm³/mol. The summed E-state index contributed by atoms with van der Waals surface area (Å²) >= 11 is 0. The summed E-state index contributed by atoms with van der Waals surface area (Å²) in [6.45, 7) is 4.55. The van der Waals surface area contributed by atoms with E-state index < -0.39 is 0 Å². The van der Waals surface area contributed by atoms with Crippen LogP contribution in [0.3, 0.4) is 0 Å². The SMILES string of the molecule is CCOc1cccc(NC(=O)CC2CCNC2)c1. The van der Waals surface area contributed by atoms with Gasteiger partial charge in [-0.15, -0.1) is 0 Å². The standard InChI is InChI=1S/C14H20N2O2/c1-2-18-13-5-3-4-12(9-13)16-14(17)8-11-6-7-15-10-11/h3-5,9,11,15H,2,6-8,10H2,1H3,(H,16,17). The van der Waals surface area contributed by atoms with Crippen molar-refractivity contribution in [2.45, 2.75) is 19.8 Å². The van der Waals surface area contributed by atoms with Gasteiger partial charge in [-0.05, 0) is 44.5 Å². The fourth-order valence-electron chi connectivity index (χ4n) is 2.19. The van der Waals surface area contributed by atoms with Gasteiger partial charge >= 0.3 is 0 Å². The Morgan fingerprint density at radius 3 is 3.17 bits per heavy atom. The fraction of sp³-hybridized carbons (Fsp3) is 0.500. The zero-order valence-electron chi connectivity index (χ0n) is 10.7. The van der Waals surface area contributed by atoms with Gasteiger partial charge in [-0.3, -0.25) is 4.79 Å². The Labute approximate surface area is 108 Å². The molecule has 1 aliphatic rings. The lowest BCUT2D eigenvalue weighted by atomic mass is 10.0. The lowest BCUT2D eigenvalue weighted by molar-refractivity contribution is -0.116. The minimum Gasteiger partial charge on any atom is -0.494 e. The largest absolute Gasteiger partial charge is 0.494 e. The summed E-state index contributed by atoms with van der Waals surface area (Å²) < 4.78 is 5.40. The monoisotopic (exact) mass is 248 g/mol. The van der Waals surface area contributed by atoms with Crippen molar-refractivity contribution in [2.24, 2.45) is 5.92 Å². The smallest absolute Gasteiger partial charge is 0.224 e. The number of anilines is 1. The highest BCUT2D eigenvalue weighted by Gasteiger charge is 2.17. The zero-order chi connectivity index (χ0) is 12.8. The molecule has 2 rings (SSSR count). The van der Waals surface area contributed by atoms with E-state index in [-0.39, 0.29) is 5.91 Å². The van der Waals surface area contributed by atoms with Crippen LogP contribution < -0.4 is 15.4 Å². The van der Waals surface area contributed by atoms with Crippen LogP contribution in [-0.4, -0.2) is 25.6 Å². The lowest BCUT2D eigenvalue weighted by Crippen LogP contribution is -2.18. The maximum absolute atomic E-state index is 11.9. The number of hydrogen-bond donors (Lipinski definition) is 2. The van der Waals surface area contributed by atoms with Gasteiger partial charge in [0, 0.05) is 18.2 Å². The molecule has 0 bridgehead atoms. The number of ether oxygens (including phenoxy) is 1. The number of benzene rings is 1. The molecule has 98 valence electrons. The summed E-state index contributed by atoms with van der Waals surface area (Å²) in [5, 5.41) is 6.19. The van der Waals surface area contributed by atoms with Crippen molar-refractivity contribution < 1.29 is 9.53 Å². The van der Waals surface area contributed by atoms with E-state index in [0.29, 0.717) is 18.9 Å². The average molecular weight is 248 g/mol. The van der Waals surface area contributed by atoms with Crippen LogP contribution in [0.15, 0.2) is 24.3 Å². The minimum atomic E-state index is 0.0809. The van der Waals surface area contributed by atoms with Gasteiger partial charge in [-0.1, -0.05) is 6.07 Å². The summed E-state index contributed by atoms with van der Waals surface area (Å²) in [5.41, 5.74) is 0.803. The van der Waals surface area contributed by atoms with Crippen molar-refractivity contribution in [1.82, 2.24) is 5.32 Å². The predicted octanol–water partition coefficient (Wildman–Crippen LogP) is 2.02. The molecule has 1 fully saturated rings. The summed E-state index contributed by atoms with van der Waals surface area (Å²) in [6.07, 6.45) is 1.68. The van der Waals surface area contributed by atoms with Gasteiger partial charge in [0.1, 0.15) is 5.75 Å². The molecule has 18 heavy (non-hydrogen) atoms. The van der Waals surface area contributed by atoms with E-state index >= 15 is 0 Å². The van der Waals surface area contributed by atoms with Crippen molar-refractivity contribution in [3.63, 3.8) is 0 Å². The number of amides is 1. The van der Waals surface area contributed by atoms with Crippen LogP contribution in [0.1, 0.15) is 19.8 Å². The van der Waals surface area contributed by atoms with Gasteiger partial charge in [0.2, 0.25) is 5.91 Å². The molecule has 1 heterocycles. The molecule has 1 atom stereocenters. The molecule has 1 unspecified atom stereocenters. The highest BCUT2D eigenvalue weighted by molar-refractivity contribution is 5.91. The molecule has 1 amide bonds. The van der Waals surface area contributed by atoms with Crippen LogP contribution in [0.25, 0.3) is 0 Å². The van der Waals surface area contributed by atoms with Crippen LogP contribution in [0.2, 0.25) is 0 Å². The summed E-state index contributed by atoms with van der Waals surface area (Å²) in [4.78, 5) is 11.9. The maximum Gasteiger partial charge on any atom is 0.224 e. The normalized spacial score (nSPS) is 18.6. The Bertz CT molecular complexity index is 401. The minimum absolute atomic E-state index is 0.0809. The first kappa shape index (κ1) is 12.9. The van der Waals surface area contributed by atoms with E-state index in [9.17, 15) is 4.79 Å². The Kier molecular flexibility index (Phi) is 4.59. The van der Waals surface area contributed by atoms with Gasteiger partial charge in [0.05, 0.1) is 6.61 Å². The maximum atomic E-state index is 11.9. The third-order valence-corrected chi connectivity index (χ3v) is 3.07. The van der Waals surface area contributed by atoms with Crippen molar-refractivity contribution >= 4 is 11.6 Å². The number of rotatable bonds is 5. The first-order chi connectivity index (χ1) is 8.78. The van der Waals surface area contributed by atoms with Crippen LogP contribution in [-0.2, 0) is 4.79 Å².